The molecule has 1 aliphatic carbocycles. The molecule has 0 unspecified atom stereocenters. The number of nitrogens with zero attached hydrogens (tertiary/aromatic N) is 1. The number of piperidine rings is 1. The number of carbonyl (C=O) groups is 1. The van der Waals surface area contributed by atoms with Crippen LogP contribution in [0.25, 0.3) is 0 Å². The van der Waals surface area contributed by atoms with E-state index in [9.17, 15) is 9.90 Å². The van der Waals surface area contributed by atoms with E-state index in [0.717, 1.165) is 38.0 Å². The first-order valence-electron chi connectivity index (χ1n) is 9.87. The number of hydrogen-bond donors (Lipinski definition) is 1. The van der Waals surface area contributed by atoms with E-state index >= 15 is 0 Å². The molecule has 1 amide bonds. The lowest BCUT2D eigenvalue weighted by Gasteiger charge is -2.47. The van der Waals surface area contributed by atoms with Gasteiger partial charge in [0.25, 0.3) is 5.91 Å². The number of carbonyl (C=O) groups excluding carboxylic acids is 1. The molecule has 2 fully saturated rings. The minimum absolute atomic E-state index is 0.0742. The Bertz CT molecular complexity index is 571. The lowest BCUT2D eigenvalue weighted by Crippen LogP contribution is -2.54. The van der Waals surface area contributed by atoms with E-state index in [1.54, 1.807) is 0 Å². The molecule has 1 N–H and O–H groups in total. The highest BCUT2D eigenvalue weighted by Gasteiger charge is 2.43. The third-order valence-electron chi connectivity index (χ3n) is 5.83. The number of likely N-dealkylation sites (tertiary alicyclic amines) is 1. The van der Waals surface area contributed by atoms with E-state index in [1.165, 1.54) is 19.3 Å². The summed E-state index contributed by atoms with van der Waals surface area (Å²) in [5.74, 6) is 1.14. The van der Waals surface area contributed by atoms with Crippen molar-refractivity contribution in [2.24, 2.45) is 5.92 Å². The van der Waals surface area contributed by atoms with Crippen molar-refractivity contribution in [1.82, 2.24) is 4.90 Å². The molecule has 0 aromatic heterocycles. The summed E-state index contributed by atoms with van der Waals surface area (Å²) in [4.78, 5) is 14.7. The maximum Gasteiger partial charge on any atom is 0.253 e. The van der Waals surface area contributed by atoms with Crippen LogP contribution in [-0.2, 0) is 0 Å². The van der Waals surface area contributed by atoms with Crippen molar-refractivity contribution >= 4 is 5.91 Å². The van der Waals surface area contributed by atoms with Crippen LogP contribution in [0.5, 0.6) is 5.75 Å². The topological polar surface area (TPSA) is 49.8 Å². The van der Waals surface area contributed by atoms with Gasteiger partial charge in [-0.05, 0) is 49.9 Å². The number of amides is 1. The molecule has 1 saturated heterocycles. The van der Waals surface area contributed by atoms with Crippen molar-refractivity contribution in [3.63, 3.8) is 0 Å². The molecule has 1 aromatic carbocycles. The van der Waals surface area contributed by atoms with Crippen LogP contribution < -0.4 is 4.74 Å². The van der Waals surface area contributed by atoms with Crippen LogP contribution in [0.2, 0.25) is 0 Å². The van der Waals surface area contributed by atoms with Crippen molar-refractivity contribution in [2.45, 2.75) is 63.9 Å². The van der Waals surface area contributed by atoms with Crippen molar-refractivity contribution < 1.29 is 14.6 Å². The maximum absolute atomic E-state index is 12.8. The molecule has 0 radical (unpaired) electrons. The van der Waals surface area contributed by atoms with Gasteiger partial charge in [-0.15, -0.1) is 0 Å². The first-order chi connectivity index (χ1) is 12.1. The Morgan fingerprint density at radius 2 is 2.04 bits per heavy atom. The molecular weight excluding hydrogens is 314 g/mol. The SMILES string of the molecule is CCCCCOc1ccc(C(=O)N2CC[C@]3(O)CCCC[C@H]3C2)cc1. The highest BCUT2D eigenvalue weighted by atomic mass is 16.5. The van der Waals surface area contributed by atoms with Gasteiger partial charge in [-0.1, -0.05) is 32.6 Å². The van der Waals surface area contributed by atoms with Crippen molar-refractivity contribution in [1.29, 1.82) is 0 Å². The normalized spacial score (nSPS) is 26.2. The standard InChI is InChI=1S/C21H31NO3/c1-2-3-6-15-25-19-10-8-17(9-11-19)20(23)22-14-13-21(24)12-5-4-7-18(21)16-22/h8-11,18,24H,2-7,12-16H2,1H3/t18-,21+/m0/s1. The van der Waals surface area contributed by atoms with Crippen molar-refractivity contribution in [3.05, 3.63) is 29.8 Å². The first kappa shape index (κ1) is 18.2. The Morgan fingerprint density at radius 1 is 1.24 bits per heavy atom. The number of rotatable bonds is 6. The van der Waals surface area contributed by atoms with E-state index in [2.05, 4.69) is 6.92 Å². The summed E-state index contributed by atoms with van der Waals surface area (Å²) in [6, 6.07) is 7.50. The van der Waals surface area contributed by atoms with Crippen LogP contribution in [-0.4, -0.2) is 41.2 Å². The van der Waals surface area contributed by atoms with Gasteiger partial charge in [0, 0.05) is 24.6 Å². The summed E-state index contributed by atoms with van der Waals surface area (Å²) >= 11 is 0. The molecular formula is C21H31NO3. The number of benzene rings is 1. The third-order valence-corrected chi connectivity index (χ3v) is 5.83. The van der Waals surface area contributed by atoms with Gasteiger partial charge in [0.1, 0.15) is 5.75 Å². The number of hydrogen-bond acceptors (Lipinski definition) is 3. The van der Waals surface area contributed by atoms with E-state index in [1.807, 2.05) is 29.2 Å². The molecule has 1 aliphatic heterocycles. The summed E-state index contributed by atoms with van der Waals surface area (Å²) in [5, 5.41) is 10.8. The monoisotopic (exact) mass is 345 g/mol. The third kappa shape index (κ3) is 4.35. The average Bonchev–Trinajstić information content (AvgIpc) is 2.64. The fraction of sp³-hybridized carbons (Fsp3) is 0.667. The van der Waals surface area contributed by atoms with E-state index in [4.69, 9.17) is 4.74 Å². The summed E-state index contributed by atoms with van der Waals surface area (Å²) in [6.07, 6.45) is 8.34. The van der Waals surface area contributed by atoms with Crippen LogP contribution in [0, 0.1) is 5.92 Å². The molecule has 3 rings (SSSR count). The molecule has 0 bridgehead atoms. The Kier molecular flexibility index (Phi) is 6.00. The minimum atomic E-state index is -0.536. The first-order valence-corrected chi connectivity index (χ1v) is 9.87. The quantitative estimate of drug-likeness (QED) is 0.792. The van der Waals surface area contributed by atoms with Crippen LogP contribution in [0.15, 0.2) is 24.3 Å². The summed E-state index contributed by atoms with van der Waals surface area (Å²) in [5.41, 5.74) is 0.174. The second-order valence-electron chi connectivity index (χ2n) is 7.63. The van der Waals surface area contributed by atoms with Gasteiger partial charge in [0.15, 0.2) is 0 Å². The zero-order valence-corrected chi connectivity index (χ0v) is 15.4. The zero-order chi connectivity index (χ0) is 17.7. The largest absolute Gasteiger partial charge is 0.494 e. The number of fused-ring (bicyclic) bond motifs is 1. The Balaban J connectivity index is 1.56. The van der Waals surface area contributed by atoms with Crippen LogP contribution >= 0.6 is 0 Å². The van der Waals surface area contributed by atoms with E-state index < -0.39 is 5.60 Å². The molecule has 1 saturated carbocycles. The molecule has 2 atom stereocenters. The van der Waals surface area contributed by atoms with Crippen LogP contribution in [0.3, 0.4) is 0 Å². The lowest BCUT2D eigenvalue weighted by atomic mass is 9.71. The maximum atomic E-state index is 12.8. The molecule has 0 spiro atoms. The number of aliphatic hydroxyl groups is 1. The van der Waals surface area contributed by atoms with Crippen LogP contribution in [0.1, 0.15) is 68.6 Å². The smallest absolute Gasteiger partial charge is 0.253 e. The minimum Gasteiger partial charge on any atom is -0.494 e. The summed E-state index contributed by atoms with van der Waals surface area (Å²) < 4.78 is 5.71. The van der Waals surface area contributed by atoms with Gasteiger partial charge in [-0.3, -0.25) is 4.79 Å². The predicted molar refractivity (Wildman–Crippen MR) is 98.9 cm³/mol. The molecule has 138 valence electrons. The van der Waals surface area contributed by atoms with Gasteiger partial charge in [-0.2, -0.15) is 0 Å². The van der Waals surface area contributed by atoms with Gasteiger partial charge < -0.3 is 14.7 Å². The fourth-order valence-corrected chi connectivity index (χ4v) is 4.17. The van der Waals surface area contributed by atoms with Gasteiger partial charge in [0.2, 0.25) is 0 Å². The number of unbranched alkanes of at least 4 members (excludes halogenated alkanes) is 2. The lowest BCUT2D eigenvalue weighted by molar-refractivity contribution is -0.0886. The number of ether oxygens (including phenoxy) is 1. The zero-order valence-electron chi connectivity index (χ0n) is 15.4. The Hall–Kier alpha value is -1.55. The Morgan fingerprint density at radius 3 is 2.80 bits per heavy atom. The van der Waals surface area contributed by atoms with E-state index in [-0.39, 0.29) is 11.8 Å². The van der Waals surface area contributed by atoms with Crippen LogP contribution in [0.4, 0.5) is 0 Å². The van der Waals surface area contributed by atoms with Gasteiger partial charge in [0.05, 0.1) is 12.2 Å². The molecule has 1 aromatic rings. The van der Waals surface area contributed by atoms with Crippen molar-refractivity contribution in [3.8, 4) is 5.75 Å². The summed E-state index contributed by atoms with van der Waals surface area (Å²) in [7, 11) is 0. The molecule has 1 heterocycles. The molecule has 25 heavy (non-hydrogen) atoms. The second-order valence-corrected chi connectivity index (χ2v) is 7.63. The molecule has 4 heteroatoms. The van der Waals surface area contributed by atoms with Crippen molar-refractivity contribution in [2.75, 3.05) is 19.7 Å². The van der Waals surface area contributed by atoms with E-state index in [0.29, 0.717) is 25.1 Å². The summed E-state index contributed by atoms with van der Waals surface area (Å²) in [6.45, 7) is 4.24. The predicted octanol–water partition coefficient (Wildman–Crippen LogP) is 4.02. The molecule has 4 nitrogen and oxygen atoms in total. The second kappa shape index (κ2) is 8.22. The average molecular weight is 345 g/mol. The fourth-order valence-electron chi connectivity index (χ4n) is 4.17. The highest BCUT2D eigenvalue weighted by Crippen LogP contribution is 2.40. The van der Waals surface area contributed by atoms with Gasteiger partial charge >= 0.3 is 0 Å². The molecule has 2 aliphatic rings. The Labute approximate surface area is 151 Å². The highest BCUT2D eigenvalue weighted by molar-refractivity contribution is 5.94. The van der Waals surface area contributed by atoms with Gasteiger partial charge in [-0.25, -0.2) is 0 Å².